The van der Waals surface area contributed by atoms with Gasteiger partial charge in [-0.1, -0.05) is 0 Å². The number of piperazine rings is 1. The van der Waals surface area contributed by atoms with Crippen molar-refractivity contribution < 1.29 is 9.53 Å². The first-order valence-electron chi connectivity index (χ1n) is 5.96. The summed E-state index contributed by atoms with van der Waals surface area (Å²) in [6, 6.07) is 0.873. The van der Waals surface area contributed by atoms with Crippen molar-refractivity contribution in [3.63, 3.8) is 0 Å². The average Bonchev–Trinajstić information content (AvgIpc) is 1.96. The molecule has 1 heterocycles. The molecule has 18 heavy (non-hydrogen) atoms. The molecule has 0 aromatic carbocycles. The molecular weight excluding hydrogens is 268 g/mol. The Kier molecular flexibility index (Phi) is 9.41. The van der Waals surface area contributed by atoms with Crippen LogP contribution in [0, 0.1) is 0 Å². The molecule has 110 valence electrons. The van der Waals surface area contributed by atoms with E-state index in [9.17, 15) is 4.79 Å². The highest BCUT2D eigenvalue weighted by molar-refractivity contribution is 7.59. The first-order chi connectivity index (χ1) is 7.26. The molecule has 1 N–H and O–H groups in total. The van der Waals surface area contributed by atoms with Crippen molar-refractivity contribution in [3.8, 4) is 0 Å². The topological polar surface area (TPSA) is 41.6 Å². The van der Waals surface area contributed by atoms with E-state index in [1.54, 1.807) is 0 Å². The minimum atomic E-state index is -0.387. The zero-order valence-corrected chi connectivity index (χ0v) is 14.0. The first kappa shape index (κ1) is 20.4. The van der Waals surface area contributed by atoms with Gasteiger partial charge in [-0.25, -0.2) is 0 Å². The summed E-state index contributed by atoms with van der Waals surface area (Å²) in [5, 5.41) is 3.44. The smallest absolute Gasteiger partial charge is 0.320 e. The summed E-state index contributed by atoms with van der Waals surface area (Å²) in [6.07, 6.45) is 0. The van der Waals surface area contributed by atoms with Gasteiger partial charge in [0.05, 0.1) is 6.54 Å². The van der Waals surface area contributed by atoms with Crippen LogP contribution in [0.2, 0.25) is 0 Å². The van der Waals surface area contributed by atoms with Crippen LogP contribution < -0.4 is 5.32 Å². The van der Waals surface area contributed by atoms with E-state index in [1.165, 1.54) is 0 Å². The van der Waals surface area contributed by atoms with Crippen molar-refractivity contribution in [1.29, 1.82) is 0 Å². The molecule has 4 nitrogen and oxygen atoms in total. The van der Waals surface area contributed by atoms with Crippen LogP contribution in [0.3, 0.4) is 0 Å². The van der Waals surface area contributed by atoms with E-state index in [2.05, 4.69) is 24.1 Å². The maximum absolute atomic E-state index is 11.7. The second-order valence-electron chi connectivity index (χ2n) is 5.75. The number of hydrogen-bond donors (Lipinski definition) is 1. The molecule has 2 unspecified atom stereocenters. The normalized spacial score (nSPS) is 24.7. The standard InChI is InChI=1S/C12H24N2O2.2H2S/c1-9-6-14(7-10(2)13-9)8-11(15)16-12(3,4)5;;/h9-10,13H,6-8H2,1-5H3;2*1H2. The summed E-state index contributed by atoms with van der Waals surface area (Å²) >= 11 is 0. The van der Waals surface area contributed by atoms with Gasteiger partial charge < -0.3 is 10.1 Å². The number of carbonyl (C=O) groups excluding carboxylic acids is 1. The molecule has 0 aromatic heterocycles. The average molecular weight is 297 g/mol. The number of nitrogens with one attached hydrogen (secondary N) is 1. The fraction of sp³-hybridized carbons (Fsp3) is 0.917. The number of esters is 1. The highest BCUT2D eigenvalue weighted by Gasteiger charge is 2.24. The summed E-state index contributed by atoms with van der Waals surface area (Å²) < 4.78 is 5.31. The van der Waals surface area contributed by atoms with E-state index in [-0.39, 0.29) is 38.6 Å². The van der Waals surface area contributed by atoms with E-state index in [1.807, 2.05) is 20.8 Å². The van der Waals surface area contributed by atoms with Crippen LogP contribution in [-0.4, -0.2) is 48.2 Å². The molecule has 0 amide bonds. The summed E-state index contributed by atoms with van der Waals surface area (Å²) in [6.45, 7) is 12.2. The van der Waals surface area contributed by atoms with Gasteiger partial charge in [-0.15, -0.1) is 0 Å². The SMILES string of the molecule is CC1CN(CC(=O)OC(C)(C)C)CC(C)N1.S.S. The van der Waals surface area contributed by atoms with E-state index in [0.717, 1.165) is 13.1 Å². The van der Waals surface area contributed by atoms with Crippen molar-refractivity contribution >= 4 is 33.0 Å². The molecule has 2 atom stereocenters. The van der Waals surface area contributed by atoms with Gasteiger partial charge in [0.25, 0.3) is 0 Å². The molecule has 0 saturated carbocycles. The Morgan fingerprint density at radius 2 is 1.67 bits per heavy atom. The maximum Gasteiger partial charge on any atom is 0.320 e. The van der Waals surface area contributed by atoms with Gasteiger partial charge in [0.2, 0.25) is 0 Å². The fourth-order valence-corrected chi connectivity index (χ4v) is 2.13. The second kappa shape index (κ2) is 8.30. The lowest BCUT2D eigenvalue weighted by Crippen LogP contribution is -2.55. The number of ether oxygens (including phenoxy) is 1. The third kappa shape index (κ3) is 8.24. The Hall–Kier alpha value is 0.0900. The number of hydrogen-bond acceptors (Lipinski definition) is 4. The molecule has 1 aliphatic heterocycles. The van der Waals surface area contributed by atoms with Crippen molar-refractivity contribution in [1.82, 2.24) is 10.2 Å². The zero-order chi connectivity index (χ0) is 12.3. The molecule has 1 rings (SSSR count). The molecule has 6 heteroatoms. The predicted molar refractivity (Wildman–Crippen MR) is 85.1 cm³/mol. The first-order valence-corrected chi connectivity index (χ1v) is 5.96. The lowest BCUT2D eigenvalue weighted by Gasteiger charge is -2.35. The molecule has 1 fully saturated rings. The number of rotatable bonds is 2. The summed E-state index contributed by atoms with van der Waals surface area (Å²) in [5.74, 6) is -0.131. The monoisotopic (exact) mass is 296 g/mol. The lowest BCUT2D eigenvalue weighted by molar-refractivity contribution is -0.156. The van der Waals surface area contributed by atoms with Gasteiger partial charge in [-0.3, -0.25) is 9.69 Å². The third-order valence-corrected chi connectivity index (χ3v) is 2.41. The predicted octanol–water partition coefficient (Wildman–Crippen LogP) is 1.24. The van der Waals surface area contributed by atoms with E-state index in [0.29, 0.717) is 18.6 Å². The quantitative estimate of drug-likeness (QED) is 0.779. The highest BCUT2D eigenvalue weighted by Crippen LogP contribution is 2.09. The van der Waals surface area contributed by atoms with Crippen molar-refractivity contribution in [2.75, 3.05) is 19.6 Å². The molecule has 0 aromatic rings. The van der Waals surface area contributed by atoms with Crippen molar-refractivity contribution in [3.05, 3.63) is 0 Å². The summed E-state index contributed by atoms with van der Waals surface area (Å²) in [4.78, 5) is 13.8. The molecule has 1 aliphatic rings. The van der Waals surface area contributed by atoms with Crippen LogP contribution in [0.25, 0.3) is 0 Å². The molecular formula is C12H28N2O2S2. The van der Waals surface area contributed by atoms with Gasteiger partial charge >= 0.3 is 5.97 Å². The van der Waals surface area contributed by atoms with Gasteiger partial charge in [0.15, 0.2) is 0 Å². The second-order valence-corrected chi connectivity index (χ2v) is 5.75. The Morgan fingerprint density at radius 1 is 1.22 bits per heavy atom. The number of nitrogens with zero attached hydrogens (tertiary/aromatic N) is 1. The van der Waals surface area contributed by atoms with E-state index < -0.39 is 0 Å². The van der Waals surface area contributed by atoms with Crippen molar-refractivity contribution in [2.45, 2.75) is 52.3 Å². The van der Waals surface area contributed by atoms with E-state index in [4.69, 9.17) is 4.74 Å². The van der Waals surface area contributed by atoms with Crippen LogP contribution in [0.15, 0.2) is 0 Å². The fourth-order valence-electron chi connectivity index (χ4n) is 2.13. The Morgan fingerprint density at radius 3 is 2.06 bits per heavy atom. The Bertz CT molecular complexity index is 247. The minimum absolute atomic E-state index is 0. The number of carbonyl (C=O) groups is 1. The third-order valence-electron chi connectivity index (χ3n) is 2.41. The van der Waals surface area contributed by atoms with Crippen molar-refractivity contribution in [2.24, 2.45) is 0 Å². The van der Waals surface area contributed by atoms with Gasteiger partial charge in [-0.2, -0.15) is 27.0 Å². The van der Waals surface area contributed by atoms with Crippen LogP contribution in [0.1, 0.15) is 34.6 Å². The summed E-state index contributed by atoms with van der Waals surface area (Å²) in [7, 11) is 0. The zero-order valence-electron chi connectivity index (χ0n) is 12.0. The van der Waals surface area contributed by atoms with Crippen LogP contribution >= 0.6 is 27.0 Å². The van der Waals surface area contributed by atoms with Crippen LogP contribution in [0.4, 0.5) is 0 Å². The molecule has 0 spiro atoms. The molecule has 0 aliphatic carbocycles. The van der Waals surface area contributed by atoms with Crippen LogP contribution in [-0.2, 0) is 9.53 Å². The molecule has 1 saturated heterocycles. The maximum atomic E-state index is 11.7. The summed E-state index contributed by atoms with van der Waals surface area (Å²) in [5.41, 5.74) is -0.387. The lowest BCUT2D eigenvalue weighted by atomic mass is 10.1. The minimum Gasteiger partial charge on any atom is -0.459 e. The Balaban J connectivity index is 0. The van der Waals surface area contributed by atoms with Gasteiger partial charge in [0, 0.05) is 25.2 Å². The van der Waals surface area contributed by atoms with Gasteiger partial charge in [0.1, 0.15) is 5.60 Å². The Labute approximate surface area is 125 Å². The van der Waals surface area contributed by atoms with Gasteiger partial charge in [-0.05, 0) is 34.6 Å². The largest absolute Gasteiger partial charge is 0.459 e. The highest BCUT2D eigenvalue weighted by atomic mass is 32.1. The van der Waals surface area contributed by atoms with Crippen LogP contribution in [0.5, 0.6) is 0 Å². The molecule has 0 radical (unpaired) electrons. The molecule has 0 bridgehead atoms. The van der Waals surface area contributed by atoms with E-state index >= 15 is 0 Å².